The van der Waals surface area contributed by atoms with Crippen LogP contribution in [0.3, 0.4) is 0 Å². The lowest BCUT2D eigenvalue weighted by Crippen LogP contribution is -2.31. The molecule has 2 rings (SSSR count). The highest BCUT2D eigenvalue weighted by Crippen LogP contribution is 2.22. The van der Waals surface area contributed by atoms with Crippen LogP contribution in [0, 0.1) is 0 Å². The number of nitrogens with zero attached hydrogens (tertiary/aromatic N) is 2. The molecule has 0 atom stereocenters. The van der Waals surface area contributed by atoms with Crippen LogP contribution in [0.2, 0.25) is 0 Å². The number of likely N-dealkylation sites (tertiary alicyclic amines) is 1. The number of piperidine rings is 1. The van der Waals surface area contributed by atoms with Crippen LogP contribution in [0.1, 0.15) is 19.3 Å². The Kier molecular flexibility index (Phi) is 11.1. The van der Waals surface area contributed by atoms with Crippen molar-refractivity contribution in [1.29, 1.82) is 0 Å². The first kappa shape index (κ1) is 17.3. The summed E-state index contributed by atoms with van der Waals surface area (Å²) in [6, 6.07) is 0. The summed E-state index contributed by atoms with van der Waals surface area (Å²) in [6.45, 7) is 4.93. The Morgan fingerprint density at radius 1 is 1.19 bits per heavy atom. The van der Waals surface area contributed by atoms with Crippen molar-refractivity contribution in [1.82, 2.24) is 4.90 Å². The first-order chi connectivity index (χ1) is 6.95. The van der Waals surface area contributed by atoms with Gasteiger partial charge in [-0.2, -0.15) is 0 Å². The summed E-state index contributed by atoms with van der Waals surface area (Å²) in [5, 5.41) is 0. The number of thioether (sulfide) groups is 2. The molecule has 2 aliphatic heterocycles. The Bertz CT molecular complexity index is 209. The quantitative estimate of drug-likeness (QED) is 0.732. The first-order valence-electron chi connectivity index (χ1n) is 5.47. The van der Waals surface area contributed by atoms with Crippen LogP contribution in [0.25, 0.3) is 0 Å². The summed E-state index contributed by atoms with van der Waals surface area (Å²) in [6.07, 6.45) is 4.24. The van der Waals surface area contributed by atoms with E-state index in [1.165, 1.54) is 54.8 Å². The fourth-order valence-corrected chi connectivity index (χ4v) is 3.93. The smallest absolute Gasteiger partial charge is 0.124 e. The predicted octanol–water partition coefficient (Wildman–Crippen LogP) is 3.46. The van der Waals surface area contributed by atoms with Crippen LogP contribution in [0.5, 0.6) is 0 Å². The van der Waals surface area contributed by atoms with Crippen LogP contribution in [-0.2, 0) is 0 Å². The summed E-state index contributed by atoms with van der Waals surface area (Å²) in [7, 11) is 0. The van der Waals surface area contributed by atoms with E-state index in [9.17, 15) is 0 Å². The number of halogens is 2. The molecule has 0 radical (unpaired) electrons. The van der Waals surface area contributed by atoms with E-state index in [0.29, 0.717) is 0 Å². The van der Waals surface area contributed by atoms with Gasteiger partial charge < -0.3 is 4.90 Å². The minimum absolute atomic E-state index is 0. The number of rotatable bonds is 3. The zero-order chi connectivity index (χ0) is 9.64. The first-order valence-corrected chi connectivity index (χ1v) is 7.45. The van der Waals surface area contributed by atoms with Gasteiger partial charge >= 0.3 is 0 Å². The van der Waals surface area contributed by atoms with Crippen molar-refractivity contribution in [2.75, 3.05) is 37.7 Å². The van der Waals surface area contributed by atoms with Crippen LogP contribution in [0.15, 0.2) is 4.99 Å². The molecule has 0 aromatic rings. The third-order valence-electron chi connectivity index (χ3n) is 2.64. The van der Waals surface area contributed by atoms with Crippen LogP contribution in [-0.4, -0.2) is 47.0 Å². The summed E-state index contributed by atoms with van der Waals surface area (Å²) >= 11 is 3.87. The van der Waals surface area contributed by atoms with Crippen molar-refractivity contribution >= 4 is 61.9 Å². The number of aliphatic imine (C=N–C) groups is 1. The average molecular weight is 392 g/mol. The Hall–Kier alpha value is 1.29. The Balaban J connectivity index is 0.00000112. The van der Waals surface area contributed by atoms with E-state index in [1.807, 2.05) is 23.5 Å². The van der Waals surface area contributed by atoms with Gasteiger partial charge in [0.15, 0.2) is 0 Å². The van der Waals surface area contributed by atoms with Gasteiger partial charge in [0, 0.05) is 18.1 Å². The van der Waals surface area contributed by atoms with Gasteiger partial charge in [-0.05, 0) is 25.9 Å². The van der Waals surface area contributed by atoms with E-state index in [-0.39, 0.29) is 34.0 Å². The van der Waals surface area contributed by atoms with E-state index in [1.54, 1.807) is 0 Å². The molecule has 16 heavy (non-hydrogen) atoms. The highest BCUT2D eigenvalue weighted by Gasteiger charge is 2.11. The molecule has 1 fully saturated rings. The lowest BCUT2D eigenvalue weighted by atomic mass is 10.1. The van der Waals surface area contributed by atoms with E-state index in [4.69, 9.17) is 0 Å². The van der Waals surface area contributed by atoms with Crippen molar-refractivity contribution < 1.29 is 0 Å². The number of hydrogen-bond acceptors (Lipinski definition) is 4. The molecule has 0 saturated carbocycles. The van der Waals surface area contributed by atoms with Crippen molar-refractivity contribution in [3.05, 3.63) is 0 Å². The molecule has 0 unspecified atom stereocenters. The molecule has 1 saturated heterocycles. The third-order valence-corrected chi connectivity index (χ3v) is 4.87. The maximum Gasteiger partial charge on any atom is 0.124 e. The molecule has 0 aromatic heterocycles. The van der Waals surface area contributed by atoms with E-state index in [0.717, 1.165) is 6.54 Å². The summed E-state index contributed by atoms with van der Waals surface area (Å²) in [5.41, 5.74) is 0. The molecule has 96 valence electrons. The van der Waals surface area contributed by atoms with Gasteiger partial charge in [0.1, 0.15) is 4.38 Å². The van der Waals surface area contributed by atoms with E-state index >= 15 is 0 Å². The Morgan fingerprint density at radius 2 is 1.94 bits per heavy atom. The molecular weight excluding hydrogens is 372 g/mol. The van der Waals surface area contributed by atoms with Gasteiger partial charge in [-0.3, -0.25) is 4.99 Å². The van der Waals surface area contributed by atoms with E-state index < -0.39 is 0 Å². The molecule has 2 aliphatic rings. The van der Waals surface area contributed by atoms with Gasteiger partial charge in [0.2, 0.25) is 0 Å². The van der Waals surface area contributed by atoms with E-state index in [2.05, 4.69) is 9.89 Å². The average Bonchev–Trinajstić information content (AvgIpc) is 2.72. The van der Waals surface area contributed by atoms with Crippen LogP contribution in [0.4, 0.5) is 0 Å². The molecule has 6 heteroatoms. The maximum absolute atomic E-state index is 4.44. The van der Waals surface area contributed by atoms with Gasteiger partial charge in [0.25, 0.3) is 0 Å². The van der Waals surface area contributed by atoms with Crippen molar-refractivity contribution in [2.45, 2.75) is 19.3 Å². The third kappa shape index (κ3) is 6.28. The Labute approximate surface area is 128 Å². The monoisotopic (exact) mass is 390 g/mol. The second-order valence-electron chi connectivity index (χ2n) is 3.75. The van der Waals surface area contributed by atoms with Gasteiger partial charge in [-0.25, -0.2) is 0 Å². The van der Waals surface area contributed by atoms with Crippen LogP contribution >= 0.6 is 57.5 Å². The molecule has 2 heterocycles. The van der Waals surface area contributed by atoms with Gasteiger partial charge in [0.05, 0.1) is 6.54 Å². The summed E-state index contributed by atoms with van der Waals surface area (Å²) in [4.78, 5) is 7.04. The number of hydrogen-bond donors (Lipinski definition) is 0. The molecule has 0 spiro atoms. The summed E-state index contributed by atoms with van der Waals surface area (Å²) in [5.74, 6) is 2.43. The standard InChI is InChI=1S/C10H18N2S2.2BrH/c1-2-5-12(6-3-1)7-9-14-10-11-4-8-13-10;;/h1-9H2;2*1H. The lowest BCUT2D eigenvalue weighted by molar-refractivity contribution is 0.242. The zero-order valence-electron chi connectivity index (χ0n) is 9.39. The minimum Gasteiger partial charge on any atom is -0.303 e. The fraction of sp³-hybridized carbons (Fsp3) is 0.900. The molecule has 0 bridgehead atoms. The largest absolute Gasteiger partial charge is 0.303 e. The van der Waals surface area contributed by atoms with Crippen molar-refractivity contribution in [3.63, 3.8) is 0 Å². The van der Waals surface area contributed by atoms with Gasteiger partial charge in [-0.15, -0.1) is 34.0 Å². The Morgan fingerprint density at radius 3 is 2.56 bits per heavy atom. The lowest BCUT2D eigenvalue weighted by Gasteiger charge is -2.25. The molecule has 2 nitrogen and oxygen atoms in total. The van der Waals surface area contributed by atoms with Crippen LogP contribution < -0.4 is 0 Å². The highest BCUT2D eigenvalue weighted by molar-refractivity contribution is 8.93. The maximum atomic E-state index is 4.44. The minimum atomic E-state index is 0. The SMILES string of the molecule is Br.Br.C1CCN(CCSC2=NCCS2)CC1. The second-order valence-corrected chi connectivity index (χ2v) is 6.17. The van der Waals surface area contributed by atoms with Gasteiger partial charge in [-0.1, -0.05) is 29.9 Å². The molecule has 0 aromatic carbocycles. The fourth-order valence-electron chi connectivity index (χ4n) is 1.85. The van der Waals surface area contributed by atoms with Crippen molar-refractivity contribution in [3.8, 4) is 0 Å². The molecule has 0 amide bonds. The molecule has 0 aliphatic carbocycles. The summed E-state index contributed by atoms with van der Waals surface area (Å²) < 4.78 is 1.32. The van der Waals surface area contributed by atoms with Crippen molar-refractivity contribution in [2.24, 2.45) is 4.99 Å². The normalized spacial score (nSPS) is 20.9. The molecule has 0 N–H and O–H groups in total. The topological polar surface area (TPSA) is 15.6 Å². The predicted molar refractivity (Wildman–Crippen MR) is 88.2 cm³/mol. The molecular formula is C10H20Br2N2S2. The second kappa shape index (κ2) is 10.2. The highest BCUT2D eigenvalue weighted by atomic mass is 79.9. The zero-order valence-corrected chi connectivity index (χ0v) is 14.5.